The molecule has 5 heteroatoms. The van der Waals surface area contributed by atoms with E-state index in [1.165, 1.54) is 36.4 Å². The Morgan fingerprint density at radius 1 is 1.20 bits per heavy atom. The molecule has 0 radical (unpaired) electrons. The minimum atomic E-state index is 0. The highest BCUT2D eigenvalue weighted by Gasteiger charge is 2.26. The van der Waals surface area contributed by atoms with E-state index in [0.717, 1.165) is 6.54 Å². The number of aryl methyl sites for hydroxylation is 2. The van der Waals surface area contributed by atoms with E-state index in [4.69, 9.17) is 0 Å². The summed E-state index contributed by atoms with van der Waals surface area (Å²) < 4.78 is 3.59. The second-order valence-corrected chi connectivity index (χ2v) is 8.05. The Labute approximate surface area is 167 Å². The molecule has 25 heavy (non-hydrogen) atoms. The molecule has 0 unspecified atom stereocenters. The van der Waals surface area contributed by atoms with Gasteiger partial charge < -0.3 is 21.9 Å². The number of benzene rings is 2. The summed E-state index contributed by atoms with van der Waals surface area (Å²) in [6.07, 6.45) is 4.27. The lowest BCUT2D eigenvalue weighted by Gasteiger charge is -2.18. The molecule has 4 rings (SSSR count). The van der Waals surface area contributed by atoms with Crippen LogP contribution >= 0.6 is 23.1 Å². The summed E-state index contributed by atoms with van der Waals surface area (Å²) >= 11 is 3.67. The summed E-state index contributed by atoms with van der Waals surface area (Å²) in [5, 5.41) is 2.52. The summed E-state index contributed by atoms with van der Waals surface area (Å²) in [7, 11) is 2.14. The third-order valence-corrected chi connectivity index (χ3v) is 6.49. The molecule has 3 aromatic rings. The molecule has 1 aliphatic rings. The molecular formula is C20H19BrN2S2. The normalized spacial score (nSPS) is 14.6. The molecule has 0 spiro atoms. The van der Waals surface area contributed by atoms with Crippen LogP contribution in [0, 0.1) is 6.92 Å². The average Bonchev–Trinajstić information content (AvgIpc) is 3.07. The Morgan fingerprint density at radius 2 is 2.00 bits per heavy atom. The zero-order valence-electron chi connectivity index (χ0n) is 14.2. The van der Waals surface area contributed by atoms with E-state index >= 15 is 0 Å². The zero-order chi connectivity index (χ0) is 16.7. The first-order chi connectivity index (χ1) is 11.7. The van der Waals surface area contributed by atoms with E-state index in [-0.39, 0.29) is 17.0 Å². The van der Waals surface area contributed by atoms with Crippen molar-refractivity contribution < 1.29 is 21.5 Å². The zero-order valence-corrected chi connectivity index (χ0v) is 17.4. The van der Waals surface area contributed by atoms with Gasteiger partial charge in [-0.1, -0.05) is 47.4 Å². The van der Waals surface area contributed by atoms with Gasteiger partial charge in [-0.3, -0.25) is 0 Å². The van der Waals surface area contributed by atoms with Crippen molar-refractivity contribution in [1.82, 2.24) is 0 Å². The number of aromatic nitrogens is 1. The second kappa shape index (κ2) is 7.36. The number of para-hydroxylation sites is 1. The third-order valence-electron chi connectivity index (χ3n) is 4.22. The van der Waals surface area contributed by atoms with E-state index in [1.54, 1.807) is 0 Å². The minimum Gasteiger partial charge on any atom is -1.00 e. The molecule has 128 valence electrons. The van der Waals surface area contributed by atoms with Crippen molar-refractivity contribution in [2.24, 2.45) is 7.05 Å². The lowest BCUT2D eigenvalue weighted by molar-refractivity contribution is -0.642. The van der Waals surface area contributed by atoms with Gasteiger partial charge in [-0.25, -0.2) is 0 Å². The van der Waals surface area contributed by atoms with Gasteiger partial charge in [0.05, 0.1) is 16.8 Å². The van der Waals surface area contributed by atoms with Crippen molar-refractivity contribution >= 4 is 45.1 Å². The molecule has 0 fully saturated rings. The highest BCUT2D eigenvalue weighted by Crippen LogP contribution is 2.47. The van der Waals surface area contributed by atoms with Crippen LogP contribution in [0.4, 0.5) is 5.69 Å². The van der Waals surface area contributed by atoms with Gasteiger partial charge in [-0.05, 0) is 30.7 Å². The topological polar surface area (TPSA) is 7.12 Å². The largest absolute Gasteiger partial charge is 1.00 e. The molecule has 1 aliphatic heterocycles. The summed E-state index contributed by atoms with van der Waals surface area (Å²) in [5.41, 5.74) is 3.85. The van der Waals surface area contributed by atoms with Crippen LogP contribution in [0.15, 0.2) is 65.0 Å². The number of hydrogen-bond acceptors (Lipinski definition) is 3. The fourth-order valence-corrected chi connectivity index (χ4v) is 5.24. The van der Waals surface area contributed by atoms with Crippen LogP contribution in [-0.4, -0.2) is 6.54 Å². The number of thiazole rings is 1. The Hall–Kier alpha value is -1.56. The van der Waals surface area contributed by atoms with Gasteiger partial charge in [0.15, 0.2) is 0 Å². The van der Waals surface area contributed by atoms with E-state index in [1.807, 2.05) is 29.2 Å². The first-order valence-electron chi connectivity index (χ1n) is 7.93. The maximum absolute atomic E-state index is 3.93. The lowest BCUT2D eigenvalue weighted by atomic mass is 10.2. The van der Waals surface area contributed by atoms with Crippen molar-refractivity contribution in [3.8, 4) is 0 Å². The molecule has 1 aromatic heterocycles. The first kappa shape index (κ1) is 18.2. The quantitative estimate of drug-likeness (QED) is 0.464. The van der Waals surface area contributed by atoms with Crippen molar-refractivity contribution in [3.05, 3.63) is 70.7 Å². The summed E-state index contributed by atoms with van der Waals surface area (Å²) in [4.78, 5) is 3.67. The standard InChI is InChI=1S/C20H19N2S2.BrH/c1-4-11-22-16-12-14(2)9-10-18(16)24-20(22)13-19-21(3)15-7-5-6-8-17(15)23-19;/h4-10,12-13H,1,11H2,2-3H3;1H/q+1;/p-1. The van der Waals surface area contributed by atoms with Gasteiger partial charge in [0.2, 0.25) is 5.52 Å². The third kappa shape index (κ3) is 3.28. The van der Waals surface area contributed by atoms with Gasteiger partial charge >= 0.3 is 0 Å². The van der Waals surface area contributed by atoms with Crippen LogP contribution in [0.1, 0.15) is 10.6 Å². The fourth-order valence-electron chi connectivity index (χ4n) is 2.99. The molecule has 0 N–H and O–H groups in total. The van der Waals surface area contributed by atoms with Gasteiger partial charge in [0, 0.05) is 17.5 Å². The van der Waals surface area contributed by atoms with Crippen LogP contribution in [0.5, 0.6) is 0 Å². The predicted octanol–water partition coefficient (Wildman–Crippen LogP) is 2.13. The highest BCUT2D eigenvalue weighted by atomic mass is 79.9. The summed E-state index contributed by atoms with van der Waals surface area (Å²) in [6, 6.07) is 15.2. The number of thioether (sulfide) groups is 1. The molecule has 2 aromatic carbocycles. The highest BCUT2D eigenvalue weighted by molar-refractivity contribution is 8.03. The average molecular weight is 431 g/mol. The van der Waals surface area contributed by atoms with Crippen molar-refractivity contribution in [2.45, 2.75) is 11.8 Å². The molecular weight excluding hydrogens is 412 g/mol. The molecule has 2 heterocycles. The molecule has 0 saturated carbocycles. The number of anilines is 1. The fraction of sp³-hybridized carbons (Fsp3) is 0.150. The van der Waals surface area contributed by atoms with Crippen LogP contribution in [-0.2, 0) is 7.05 Å². The SMILES string of the molecule is C=CCN1/C(=C/c2sc3ccccc3[n+]2C)Sc2ccc(C)cc21.[Br-]. The Bertz CT molecular complexity index is 975. The predicted molar refractivity (Wildman–Crippen MR) is 106 cm³/mol. The molecule has 0 amide bonds. The summed E-state index contributed by atoms with van der Waals surface area (Å²) in [6.45, 7) is 6.90. The molecule has 0 bridgehead atoms. The number of hydrogen-bond donors (Lipinski definition) is 0. The van der Waals surface area contributed by atoms with Crippen LogP contribution in [0.2, 0.25) is 0 Å². The van der Waals surface area contributed by atoms with Gasteiger partial charge in [0.25, 0.3) is 5.01 Å². The van der Waals surface area contributed by atoms with Crippen LogP contribution in [0.3, 0.4) is 0 Å². The first-order valence-corrected chi connectivity index (χ1v) is 9.57. The second-order valence-electron chi connectivity index (χ2n) is 5.92. The van der Waals surface area contributed by atoms with E-state index < -0.39 is 0 Å². The summed E-state index contributed by atoms with van der Waals surface area (Å²) in [5.74, 6) is 0. The number of rotatable bonds is 3. The Balaban J connectivity index is 0.00000182. The van der Waals surface area contributed by atoms with E-state index in [2.05, 4.69) is 78.6 Å². The smallest absolute Gasteiger partial charge is 0.265 e. The molecule has 2 nitrogen and oxygen atoms in total. The maximum atomic E-state index is 3.93. The molecule has 0 aliphatic carbocycles. The van der Waals surface area contributed by atoms with E-state index in [0.29, 0.717) is 0 Å². The molecule has 0 atom stereocenters. The molecule has 0 saturated heterocycles. The van der Waals surface area contributed by atoms with Gasteiger partial charge in [0.1, 0.15) is 11.7 Å². The number of halogens is 1. The van der Waals surface area contributed by atoms with Crippen molar-refractivity contribution in [3.63, 3.8) is 0 Å². The van der Waals surface area contributed by atoms with Gasteiger partial charge in [-0.2, -0.15) is 4.57 Å². The minimum absolute atomic E-state index is 0. The maximum Gasteiger partial charge on any atom is 0.265 e. The van der Waals surface area contributed by atoms with Crippen molar-refractivity contribution in [2.75, 3.05) is 11.4 Å². The number of nitrogens with zero attached hydrogens (tertiary/aromatic N) is 2. The Kier molecular flexibility index (Phi) is 5.37. The van der Waals surface area contributed by atoms with Crippen molar-refractivity contribution in [1.29, 1.82) is 0 Å². The van der Waals surface area contributed by atoms with Crippen LogP contribution in [0.25, 0.3) is 16.3 Å². The van der Waals surface area contributed by atoms with Crippen LogP contribution < -0.4 is 26.4 Å². The van der Waals surface area contributed by atoms with Gasteiger partial charge in [-0.15, -0.1) is 6.58 Å². The van der Waals surface area contributed by atoms with E-state index in [9.17, 15) is 0 Å². The Morgan fingerprint density at radius 3 is 2.76 bits per heavy atom. The lowest BCUT2D eigenvalue weighted by Crippen LogP contribution is -3.00. The monoisotopic (exact) mass is 430 g/mol. The number of fused-ring (bicyclic) bond motifs is 2.